The fourth-order valence-corrected chi connectivity index (χ4v) is 2.68. The summed E-state index contributed by atoms with van der Waals surface area (Å²) in [5.74, 6) is 0. The molecule has 0 spiro atoms. The van der Waals surface area contributed by atoms with E-state index < -0.39 is 0 Å². The van der Waals surface area contributed by atoms with Gasteiger partial charge in [-0.3, -0.25) is 4.79 Å². The second-order valence-electron chi connectivity index (χ2n) is 4.61. The highest BCUT2D eigenvalue weighted by Crippen LogP contribution is 2.36. The van der Waals surface area contributed by atoms with E-state index in [-0.39, 0.29) is 5.41 Å². The molecule has 2 rings (SSSR count). The SMILES string of the molecule is O=COCCC1(c2ccccc2)CCNCC1. The second kappa shape index (κ2) is 5.82. The third-order valence-corrected chi connectivity index (χ3v) is 3.71. The smallest absolute Gasteiger partial charge is 0.293 e. The number of rotatable bonds is 5. The van der Waals surface area contributed by atoms with Crippen molar-refractivity contribution in [3.05, 3.63) is 35.9 Å². The molecule has 0 amide bonds. The fraction of sp³-hybridized carbons (Fsp3) is 0.500. The summed E-state index contributed by atoms with van der Waals surface area (Å²) in [7, 11) is 0. The maximum atomic E-state index is 10.3. The first kappa shape index (κ1) is 12.1. The molecule has 0 saturated carbocycles. The Hall–Kier alpha value is -1.35. The molecule has 17 heavy (non-hydrogen) atoms. The van der Waals surface area contributed by atoms with Gasteiger partial charge >= 0.3 is 0 Å². The van der Waals surface area contributed by atoms with E-state index in [9.17, 15) is 4.79 Å². The average molecular weight is 233 g/mol. The first-order chi connectivity index (χ1) is 8.37. The lowest BCUT2D eigenvalue weighted by Crippen LogP contribution is -2.40. The Labute approximate surface area is 102 Å². The van der Waals surface area contributed by atoms with E-state index in [1.54, 1.807) is 0 Å². The number of piperidine rings is 1. The van der Waals surface area contributed by atoms with E-state index >= 15 is 0 Å². The maximum Gasteiger partial charge on any atom is 0.293 e. The molecule has 1 aliphatic rings. The van der Waals surface area contributed by atoms with Gasteiger partial charge in [-0.1, -0.05) is 30.3 Å². The molecule has 1 aromatic carbocycles. The minimum absolute atomic E-state index is 0.176. The van der Waals surface area contributed by atoms with E-state index in [0.29, 0.717) is 13.1 Å². The summed E-state index contributed by atoms with van der Waals surface area (Å²) < 4.78 is 4.88. The summed E-state index contributed by atoms with van der Waals surface area (Å²) in [4.78, 5) is 10.3. The van der Waals surface area contributed by atoms with Crippen LogP contribution in [0, 0.1) is 0 Å². The van der Waals surface area contributed by atoms with E-state index in [2.05, 4.69) is 29.6 Å². The number of ether oxygens (including phenoxy) is 1. The molecule has 3 nitrogen and oxygen atoms in total. The van der Waals surface area contributed by atoms with Crippen molar-refractivity contribution in [1.82, 2.24) is 5.32 Å². The van der Waals surface area contributed by atoms with Crippen LogP contribution >= 0.6 is 0 Å². The summed E-state index contributed by atoms with van der Waals surface area (Å²) in [6, 6.07) is 10.6. The third kappa shape index (κ3) is 2.86. The monoisotopic (exact) mass is 233 g/mol. The second-order valence-corrected chi connectivity index (χ2v) is 4.61. The Balaban J connectivity index is 2.14. The van der Waals surface area contributed by atoms with Crippen molar-refractivity contribution in [1.29, 1.82) is 0 Å². The zero-order valence-corrected chi connectivity index (χ0v) is 10.0. The molecule has 3 heteroatoms. The lowest BCUT2D eigenvalue weighted by Gasteiger charge is -2.38. The molecule has 0 bridgehead atoms. The lowest BCUT2D eigenvalue weighted by atomic mass is 9.71. The standard InChI is InChI=1S/C14H19NO2/c16-12-17-11-8-14(6-9-15-10-7-14)13-4-2-1-3-5-13/h1-5,12,15H,6-11H2. The van der Waals surface area contributed by atoms with Gasteiger partial charge in [0.15, 0.2) is 0 Å². The first-order valence-corrected chi connectivity index (χ1v) is 6.19. The van der Waals surface area contributed by atoms with Crippen molar-refractivity contribution in [2.24, 2.45) is 0 Å². The van der Waals surface area contributed by atoms with Crippen molar-refractivity contribution in [2.45, 2.75) is 24.7 Å². The number of hydrogen-bond acceptors (Lipinski definition) is 3. The van der Waals surface area contributed by atoms with Crippen LogP contribution in [-0.4, -0.2) is 26.2 Å². The molecule has 92 valence electrons. The van der Waals surface area contributed by atoms with Crippen LogP contribution < -0.4 is 5.32 Å². The zero-order valence-electron chi connectivity index (χ0n) is 10.0. The van der Waals surface area contributed by atoms with Gasteiger partial charge in [0.2, 0.25) is 0 Å². The fourth-order valence-electron chi connectivity index (χ4n) is 2.68. The van der Waals surface area contributed by atoms with E-state index in [1.807, 2.05) is 6.07 Å². The van der Waals surface area contributed by atoms with E-state index in [0.717, 1.165) is 32.4 Å². The molecule has 0 aromatic heterocycles. The minimum atomic E-state index is 0.176. The van der Waals surface area contributed by atoms with Crippen LogP contribution in [0.25, 0.3) is 0 Å². The van der Waals surface area contributed by atoms with Crippen molar-refractivity contribution in [2.75, 3.05) is 19.7 Å². The van der Waals surface area contributed by atoms with Gasteiger partial charge in [0.1, 0.15) is 0 Å². The molecule has 0 aliphatic carbocycles. The van der Waals surface area contributed by atoms with Gasteiger partial charge in [-0.05, 0) is 37.9 Å². The third-order valence-electron chi connectivity index (χ3n) is 3.71. The van der Waals surface area contributed by atoms with Crippen LogP contribution in [0.2, 0.25) is 0 Å². The van der Waals surface area contributed by atoms with Gasteiger partial charge in [0.25, 0.3) is 6.47 Å². The topological polar surface area (TPSA) is 38.3 Å². The van der Waals surface area contributed by atoms with Crippen molar-refractivity contribution >= 4 is 6.47 Å². The predicted octanol–water partition coefficient (Wildman–Crippen LogP) is 1.87. The van der Waals surface area contributed by atoms with Crippen LogP contribution in [0.5, 0.6) is 0 Å². The summed E-state index contributed by atoms with van der Waals surface area (Å²) in [6.45, 7) is 3.13. The van der Waals surface area contributed by atoms with Crippen molar-refractivity contribution < 1.29 is 9.53 Å². The summed E-state index contributed by atoms with van der Waals surface area (Å²) in [5, 5.41) is 3.39. The molecule has 0 unspecified atom stereocenters. The van der Waals surface area contributed by atoms with Gasteiger partial charge in [-0.15, -0.1) is 0 Å². The van der Waals surface area contributed by atoms with Gasteiger partial charge in [0.05, 0.1) is 6.61 Å². The van der Waals surface area contributed by atoms with Crippen molar-refractivity contribution in [3.63, 3.8) is 0 Å². The van der Waals surface area contributed by atoms with Gasteiger partial charge in [-0.25, -0.2) is 0 Å². The Morgan fingerprint density at radius 1 is 1.24 bits per heavy atom. The van der Waals surface area contributed by atoms with Gasteiger partial charge in [0, 0.05) is 5.41 Å². The molecular weight excluding hydrogens is 214 g/mol. The summed E-state index contributed by atoms with van der Waals surface area (Å²) in [5.41, 5.74) is 1.55. The zero-order chi connectivity index (χ0) is 12.0. The molecule has 1 aliphatic heterocycles. The number of nitrogens with one attached hydrogen (secondary N) is 1. The first-order valence-electron chi connectivity index (χ1n) is 6.19. The molecule has 1 saturated heterocycles. The summed E-state index contributed by atoms with van der Waals surface area (Å²) >= 11 is 0. The number of benzene rings is 1. The molecule has 1 aromatic rings. The highest BCUT2D eigenvalue weighted by atomic mass is 16.5. The molecule has 1 N–H and O–H groups in total. The van der Waals surface area contributed by atoms with Crippen LogP contribution in [0.15, 0.2) is 30.3 Å². The molecule has 0 radical (unpaired) electrons. The number of hydrogen-bond donors (Lipinski definition) is 1. The van der Waals surface area contributed by atoms with Crippen molar-refractivity contribution in [3.8, 4) is 0 Å². The lowest BCUT2D eigenvalue weighted by molar-refractivity contribution is -0.129. The van der Waals surface area contributed by atoms with Crippen LogP contribution in [0.4, 0.5) is 0 Å². The molecular formula is C14H19NO2. The Morgan fingerprint density at radius 2 is 1.94 bits per heavy atom. The number of carbonyl (C=O) groups is 1. The van der Waals surface area contributed by atoms with Gasteiger partial charge in [-0.2, -0.15) is 0 Å². The highest BCUT2D eigenvalue weighted by molar-refractivity contribution is 5.37. The maximum absolute atomic E-state index is 10.3. The highest BCUT2D eigenvalue weighted by Gasteiger charge is 2.33. The van der Waals surface area contributed by atoms with E-state index in [1.165, 1.54) is 5.56 Å². The minimum Gasteiger partial charge on any atom is -0.468 e. The Kier molecular flexibility index (Phi) is 4.15. The normalized spacial score (nSPS) is 18.6. The Bertz CT molecular complexity index is 344. The quantitative estimate of drug-likeness (QED) is 0.623. The molecule has 0 atom stereocenters. The van der Waals surface area contributed by atoms with Crippen LogP contribution in [0.1, 0.15) is 24.8 Å². The summed E-state index contributed by atoms with van der Waals surface area (Å²) in [6.07, 6.45) is 3.13. The van der Waals surface area contributed by atoms with Gasteiger partial charge < -0.3 is 10.1 Å². The number of carbonyl (C=O) groups excluding carboxylic acids is 1. The molecule has 1 heterocycles. The Morgan fingerprint density at radius 3 is 2.59 bits per heavy atom. The molecule has 1 fully saturated rings. The van der Waals surface area contributed by atoms with E-state index in [4.69, 9.17) is 4.74 Å². The average Bonchev–Trinajstić information content (AvgIpc) is 2.41. The van der Waals surface area contributed by atoms with Crippen LogP contribution in [0.3, 0.4) is 0 Å². The predicted molar refractivity (Wildman–Crippen MR) is 66.9 cm³/mol. The largest absolute Gasteiger partial charge is 0.468 e. The van der Waals surface area contributed by atoms with Crippen LogP contribution in [-0.2, 0) is 14.9 Å².